The Labute approximate surface area is 242 Å². The molecular weight excluding hydrogens is 553 g/mol. The molecule has 208 valence electrons. The normalized spacial score (nSPS) is 18.9. The second kappa shape index (κ2) is 11.7. The second-order valence-electron chi connectivity index (χ2n) is 10.3. The monoisotopic (exact) mass is 581 g/mol. The highest BCUT2D eigenvalue weighted by Gasteiger charge is 2.50. The number of likely N-dealkylation sites (N-methyl/N-ethyl adjacent to an activating group) is 1. The van der Waals surface area contributed by atoms with Crippen LogP contribution in [0.2, 0.25) is 10.0 Å². The number of morpholine rings is 1. The van der Waals surface area contributed by atoms with E-state index in [9.17, 15) is 19.2 Å². The standard InChI is InChI=1S/C30H29Cl2N3O5/c1-17(2)16-30(3)29(39)40-25(28(38)35(30)4)23-14-13-22(33-26(36)18-5-9-20(31)10-6-18)15-24(23)34-27(37)19-7-11-21(32)12-8-19/h5-15,17,25H,16H2,1-4H3,(H,33,36)(H,34,37). The topological polar surface area (TPSA) is 105 Å². The SMILES string of the molecule is CC(C)CC1(C)C(=O)OC(c2ccc(NC(=O)c3ccc(Cl)cc3)cc2NC(=O)c2ccc(Cl)cc2)C(=O)N1C. The summed E-state index contributed by atoms with van der Waals surface area (Å²) in [6.07, 6.45) is -0.865. The van der Waals surface area contributed by atoms with Gasteiger partial charge in [0.15, 0.2) is 0 Å². The summed E-state index contributed by atoms with van der Waals surface area (Å²) in [5, 5.41) is 6.54. The number of nitrogens with one attached hydrogen (secondary N) is 2. The predicted molar refractivity (Wildman–Crippen MR) is 155 cm³/mol. The van der Waals surface area contributed by atoms with Crippen molar-refractivity contribution >= 4 is 58.3 Å². The Morgan fingerprint density at radius 1 is 0.900 bits per heavy atom. The molecule has 1 heterocycles. The van der Waals surface area contributed by atoms with Crippen LogP contribution in [0.5, 0.6) is 0 Å². The van der Waals surface area contributed by atoms with E-state index in [1.807, 2.05) is 13.8 Å². The van der Waals surface area contributed by atoms with E-state index in [2.05, 4.69) is 10.6 Å². The Morgan fingerprint density at radius 2 is 1.43 bits per heavy atom. The van der Waals surface area contributed by atoms with Gasteiger partial charge in [-0.05, 0) is 79.9 Å². The zero-order chi connectivity index (χ0) is 29.2. The summed E-state index contributed by atoms with van der Waals surface area (Å²) in [5.74, 6) is -1.70. The van der Waals surface area contributed by atoms with Crippen molar-refractivity contribution < 1.29 is 23.9 Å². The largest absolute Gasteiger partial charge is 0.445 e. The molecule has 2 N–H and O–H groups in total. The summed E-state index contributed by atoms with van der Waals surface area (Å²) in [5.41, 5.74) is 0.385. The number of hydrogen-bond donors (Lipinski definition) is 2. The molecule has 0 saturated carbocycles. The highest BCUT2D eigenvalue weighted by atomic mass is 35.5. The Kier molecular flexibility index (Phi) is 8.51. The first-order valence-corrected chi connectivity index (χ1v) is 13.4. The maximum Gasteiger partial charge on any atom is 0.332 e. The average Bonchev–Trinajstić information content (AvgIpc) is 2.90. The van der Waals surface area contributed by atoms with Gasteiger partial charge in [-0.2, -0.15) is 0 Å². The molecule has 0 spiro atoms. The summed E-state index contributed by atoms with van der Waals surface area (Å²) >= 11 is 11.9. The Balaban J connectivity index is 1.69. The van der Waals surface area contributed by atoms with Crippen molar-refractivity contribution in [2.45, 2.75) is 38.8 Å². The first-order valence-electron chi connectivity index (χ1n) is 12.7. The number of ether oxygens (including phenoxy) is 1. The number of hydrogen-bond acceptors (Lipinski definition) is 5. The molecule has 40 heavy (non-hydrogen) atoms. The van der Waals surface area contributed by atoms with E-state index in [0.717, 1.165) is 0 Å². The molecular formula is C30H29Cl2N3O5. The van der Waals surface area contributed by atoms with E-state index in [1.165, 1.54) is 11.0 Å². The molecule has 2 atom stereocenters. The van der Waals surface area contributed by atoms with E-state index >= 15 is 0 Å². The third kappa shape index (κ3) is 6.13. The number of cyclic esters (lactones) is 1. The lowest BCUT2D eigenvalue weighted by Gasteiger charge is -2.44. The van der Waals surface area contributed by atoms with Crippen LogP contribution in [-0.4, -0.2) is 41.2 Å². The summed E-state index contributed by atoms with van der Waals surface area (Å²) < 4.78 is 5.72. The molecule has 10 heteroatoms. The van der Waals surface area contributed by atoms with Crippen molar-refractivity contribution in [2.75, 3.05) is 17.7 Å². The summed E-state index contributed by atoms with van der Waals surface area (Å²) in [6.45, 7) is 5.61. The molecule has 0 aliphatic carbocycles. The van der Waals surface area contributed by atoms with Gasteiger partial charge in [-0.15, -0.1) is 0 Å². The van der Waals surface area contributed by atoms with Crippen LogP contribution in [0.15, 0.2) is 66.7 Å². The first kappa shape index (κ1) is 29.1. The molecule has 3 amide bonds. The highest BCUT2D eigenvalue weighted by molar-refractivity contribution is 6.31. The zero-order valence-electron chi connectivity index (χ0n) is 22.5. The molecule has 0 radical (unpaired) electrons. The molecule has 1 fully saturated rings. The number of carbonyl (C=O) groups is 4. The number of anilines is 2. The molecule has 1 aliphatic heterocycles. The van der Waals surface area contributed by atoms with E-state index in [0.29, 0.717) is 33.3 Å². The van der Waals surface area contributed by atoms with Gasteiger partial charge in [0.25, 0.3) is 17.7 Å². The fourth-order valence-electron chi connectivity index (χ4n) is 4.62. The van der Waals surface area contributed by atoms with Crippen LogP contribution >= 0.6 is 23.2 Å². The number of benzene rings is 3. The zero-order valence-corrected chi connectivity index (χ0v) is 24.0. The van der Waals surface area contributed by atoms with Crippen molar-refractivity contribution in [1.82, 2.24) is 4.90 Å². The predicted octanol–water partition coefficient (Wildman–Crippen LogP) is 6.36. The van der Waals surface area contributed by atoms with Gasteiger partial charge in [0.1, 0.15) is 5.54 Å². The van der Waals surface area contributed by atoms with Crippen molar-refractivity contribution in [2.24, 2.45) is 5.92 Å². The number of carbonyl (C=O) groups excluding carboxylic acids is 4. The molecule has 3 aromatic carbocycles. The fraction of sp³-hybridized carbons (Fsp3) is 0.267. The van der Waals surface area contributed by atoms with Crippen LogP contribution in [0.1, 0.15) is 59.6 Å². The second-order valence-corrected chi connectivity index (χ2v) is 11.2. The number of halogens is 2. The van der Waals surface area contributed by atoms with Gasteiger partial charge in [-0.25, -0.2) is 4.79 Å². The van der Waals surface area contributed by atoms with Crippen molar-refractivity contribution in [3.05, 3.63) is 93.5 Å². The Hall–Kier alpha value is -3.88. The quantitative estimate of drug-likeness (QED) is 0.316. The van der Waals surface area contributed by atoms with Crippen molar-refractivity contribution in [1.29, 1.82) is 0 Å². The lowest BCUT2D eigenvalue weighted by atomic mass is 9.86. The van der Waals surface area contributed by atoms with Gasteiger partial charge in [0, 0.05) is 39.5 Å². The lowest BCUT2D eigenvalue weighted by molar-refractivity contribution is -0.187. The number of amides is 3. The van der Waals surface area contributed by atoms with Crippen LogP contribution in [0, 0.1) is 5.92 Å². The third-order valence-corrected chi connectivity index (χ3v) is 7.32. The van der Waals surface area contributed by atoms with Gasteiger partial charge in [-0.3, -0.25) is 14.4 Å². The Morgan fingerprint density at radius 3 is 1.95 bits per heavy atom. The van der Waals surface area contributed by atoms with Crippen LogP contribution < -0.4 is 10.6 Å². The number of rotatable bonds is 7. The van der Waals surface area contributed by atoms with Crippen molar-refractivity contribution in [3.8, 4) is 0 Å². The van der Waals surface area contributed by atoms with Gasteiger partial charge in [0.05, 0.1) is 5.69 Å². The summed E-state index contributed by atoms with van der Waals surface area (Å²) in [4.78, 5) is 54.1. The van der Waals surface area contributed by atoms with Crippen LogP contribution in [0.3, 0.4) is 0 Å². The molecule has 2 unspecified atom stereocenters. The van der Waals surface area contributed by atoms with E-state index in [4.69, 9.17) is 27.9 Å². The summed E-state index contributed by atoms with van der Waals surface area (Å²) in [7, 11) is 1.57. The average molecular weight is 582 g/mol. The smallest absolute Gasteiger partial charge is 0.332 e. The minimum absolute atomic E-state index is 0.141. The van der Waals surface area contributed by atoms with Crippen LogP contribution in [0.4, 0.5) is 11.4 Å². The molecule has 0 bridgehead atoms. The molecule has 1 saturated heterocycles. The summed E-state index contributed by atoms with van der Waals surface area (Å²) in [6, 6.07) is 17.3. The Bertz CT molecular complexity index is 1460. The van der Waals surface area contributed by atoms with E-state index < -0.39 is 35.3 Å². The van der Waals surface area contributed by atoms with Crippen LogP contribution in [0.25, 0.3) is 0 Å². The van der Waals surface area contributed by atoms with Crippen molar-refractivity contribution in [3.63, 3.8) is 0 Å². The van der Waals surface area contributed by atoms with E-state index in [-0.39, 0.29) is 17.2 Å². The third-order valence-electron chi connectivity index (χ3n) is 6.82. The highest BCUT2D eigenvalue weighted by Crippen LogP contribution is 2.38. The molecule has 4 rings (SSSR count). The molecule has 8 nitrogen and oxygen atoms in total. The lowest BCUT2D eigenvalue weighted by Crippen LogP contribution is -2.60. The van der Waals surface area contributed by atoms with Gasteiger partial charge in [-0.1, -0.05) is 43.1 Å². The number of esters is 1. The van der Waals surface area contributed by atoms with Crippen LogP contribution in [-0.2, 0) is 14.3 Å². The minimum Gasteiger partial charge on any atom is -0.445 e. The molecule has 3 aromatic rings. The fourth-order valence-corrected chi connectivity index (χ4v) is 4.88. The van der Waals surface area contributed by atoms with Gasteiger partial charge >= 0.3 is 5.97 Å². The van der Waals surface area contributed by atoms with Gasteiger partial charge < -0.3 is 20.3 Å². The van der Waals surface area contributed by atoms with E-state index in [1.54, 1.807) is 74.6 Å². The molecule has 0 aromatic heterocycles. The maximum absolute atomic E-state index is 13.5. The molecule has 1 aliphatic rings. The first-order chi connectivity index (χ1) is 18.9. The number of nitrogens with zero attached hydrogens (tertiary/aromatic N) is 1. The maximum atomic E-state index is 13.5. The minimum atomic E-state index is -1.29. The van der Waals surface area contributed by atoms with Gasteiger partial charge in [0.2, 0.25) is 6.10 Å².